The molecule has 0 fully saturated rings. The molecule has 0 radical (unpaired) electrons. The molecule has 1 atom stereocenters. The predicted octanol–water partition coefficient (Wildman–Crippen LogP) is 1.60. The van der Waals surface area contributed by atoms with Crippen LogP contribution in [0.4, 0.5) is 0 Å². The maximum absolute atomic E-state index is 11.4. The molecule has 2 nitrogen and oxygen atoms in total. The largest absolute Gasteiger partial charge is 0.311 e. The number of Topliss-reactive ketones (excluding diaryl/α,β-unsaturated/α-hetero) is 1. The van der Waals surface area contributed by atoms with E-state index < -0.39 is 0 Å². The number of nitrogens with one attached hydrogen (secondary N) is 1. The second kappa shape index (κ2) is 5.30. The van der Waals surface area contributed by atoms with Gasteiger partial charge in [-0.2, -0.15) is 0 Å². The molecule has 0 aliphatic heterocycles. The number of carbonyl (C=O) groups is 1. The normalized spacial score (nSPS) is 13.5. The molecule has 0 heterocycles. The lowest BCUT2D eigenvalue weighted by molar-refractivity contribution is -0.124. The molecule has 0 aromatic rings. The molecule has 0 unspecified atom stereocenters. The maximum Gasteiger partial charge on any atom is 0.152 e. The Morgan fingerprint density at radius 3 is 2.27 bits per heavy atom. The fraction of sp³-hybridized carbons (Fsp3) is 0.889. The molecule has 2 heteroatoms. The highest BCUT2D eigenvalue weighted by Gasteiger charge is 2.17. The second-order valence-electron chi connectivity index (χ2n) is 3.19. The van der Waals surface area contributed by atoms with Crippen LogP contribution in [0.5, 0.6) is 0 Å². The van der Waals surface area contributed by atoms with E-state index in [-0.39, 0.29) is 12.0 Å². The molecule has 0 aromatic heterocycles. The Kier molecular flexibility index (Phi) is 5.12. The van der Waals surface area contributed by atoms with Crippen molar-refractivity contribution in [2.45, 2.75) is 39.7 Å². The van der Waals surface area contributed by atoms with Crippen LogP contribution in [0.1, 0.15) is 33.6 Å². The van der Waals surface area contributed by atoms with Crippen LogP contribution in [0.3, 0.4) is 0 Å². The van der Waals surface area contributed by atoms with Crippen LogP contribution in [0, 0.1) is 5.92 Å². The molecule has 0 spiro atoms. The van der Waals surface area contributed by atoms with Gasteiger partial charge in [-0.15, -0.1) is 0 Å². The first kappa shape index (κ1) is 10.6. The standard InChI is InChI=1S/C9H19NO/c1-5-6-8(10-4)9(11)7(2)3/h7-8,10H,5-6H2,1-4H3/t8-/m0/s1. The van der Waals surface area contributed by atoms with Gasteiger partial charge >= 0.3 is 0 Å². The third-order valence-corrected chi connectivity index (χ3v) is 1.84. The fourth-order valence-electron chi connectivity index (χ4n) is 1.12. The Morgan fingerprint density at radius 1 is 1.45 bits per heavy atom. The van der Waals surface area contributed by atoms with Gasteiger partial charge in [-0.1, -0.05) is 27.2 Å². The topological polar surface area (TPSA) is 29.1 Å². The molecular weight excluding hydrogens is 138 g/mol. The molecule has 1 N–H and O–H groups in total. The van der Waals surface area contributed by atoms with Gasteiger partial charge in [0.15, 0.2) is 5.78 Å². The lowest BCUT2D eigenvalue weighted by atomic mass is 9.98. The minimum absolute atomic E-state index is 0.0694. The first-order valence-electron chi connectivity index (χ1n) is 4.34. The smallest absolute Gasteiger partial charge is 0.152 e. The minimum atomic E-state index is 0.0694. The van der Waals surface area contributed by atoms with Crippen molar-refractivity contribution in [2.75, 3.05) is 7.05 Å². The number of rotatable bonds is 5. The van der Waals surface area contributed by atoms with E-state index in [0.717, 1.165) is 12.8 Å². The van der Waals surface area contributed by atoms with E-state index in [0.29, 0.717) is 5.78 Å². The van der Waals surface area contributed by atoms with E-state index in [1.807, 2.05) is 20.9 Å². The Morgan fingerprint density at radius 2 is 2.00 bits per heavy atom. The van der Waals surface area contributed by atoms with Crippen molar-refractivity contribution in [3.05, 3.63) is 0 Å². The van der Waals surface area contributed by atoms with Crippen LogP contribution in [-0.2, 0) is 4.79 Å². The number of hydrogen-bond donors (Lipinski definition) is 1. The summed E-state index contributed by atoms with van der Waals surface area (Å²) < 4.78 is 0. The molecule has 0 amide bonds. The summed E-state index contributed by atoms with van der Waals surface area (Å²) in [5.41, 5.74) is 0. The third-order valence-electron chi connectivity index (χ3n) is 1.84. The van der Waals surface area contributed by atoms with Crippen LogP contribution < -0.4 is 5.32 Å². The fourth-order valence-corrected chi connectivity index (χ4v) is 1.12. The molecular formula is C9H19NO. The van der Waals surface area contributed by atoms with Crippen molar-refractivity contribution in [1.82, 2.24) is 5.32 Å². The van der Waals surface area contributed by atoms with E-state index in [4.69, 9.17) is 0 Å². The Balaban J connectivity index is 3.92. The Labute approximate surface area is 69.4 Å². The molecule has 0 rings (SSSR count). The Bertz CT molecular complexity index is 121. The highest BCUT2D eigenvalue weighted by molar-refractivity contribution is 5.85. The highest BCUT2D eigenvalue weighted by Crippen LogP contribution is 2.04. The number of carbonyl (C=O) groups excluding carboxylic acids is 1. The van der Waals surface area contributed by atoms with E-state index in [1.54, 1.807) is 0 Å². The van der Waals surface area contributed by atoms with Gasteiger partial charge in [0.1, 0.15) is 0 Å². The van der Waals surface area contributed by atoms with Crippen LogP contribution in [0.25, 0.3) is 0 Å². The summed E-state index contributed by atoms with van der Waals surface area (Å²) in [4.78, 5) is 11.4. The molecule has 0 saturated carbocycles. The van der Waals surface area contributed by atoms with Gasteiger partial charge in [0.25, 0.3) is 0 Å². The van der Waals surface area contributed by atoms with Gasteiger partial charge in [-0.05, 0) is 13.5 Å². The van der Waals surface area contributed by atoms with Crippen molar-refractivity contribution in [3.8, 4) is 0 Å². The van der Waals surface area contributed by atoms with Gasteiger partial charge in [-0.25, -0.2) is 0 Å². The second-order valence-corrected chi connectivity index (χ2v) is 3.19. The van der Waals surface area contributed by atoms with Crippen LogP contribution >= 0.6 is 0 Å². The zero-order chi connectivity index (χ0) is 8.85. The van der Waals surface area contributed by atoms with E-state index in [9.17, 15) is 4.79 Å². The summed E-state index contributed by atoms with van der Waals surface area (Å²) in [6.45, 7) is 5.99. The summed E-state index contributed by atoms with van der Waals surface area (Å²) in [5.74, 6) is 0.480. The van der Waals surface area contributed by atoms with Gasteiger partial charge in [0.05, 0.1) is 6.04 Å². The molecule has 11 heavy (non-hydrogen) atoms. The summed E-state index contributed by atoms with van der Waals surface area (Å²) in [6, 6.07) is 0.0694. The van der Waals surface area contributed by atoms with Gasteiger partial charge in [0, 0.05) is 5.92 Å². The highest BCUT2D eigenvalue weighted by atomic mass is 16.1. The molecule has 0 saturated heterocycles. The predicted molar refractivity (Wildman–Crippen MR) is 47.6 cm³/mol. The number of ketones is 1. The van der Waals surface area contributed by atoms with E-state index >= 15 is 0 Å². The molecule has 66 valence electrons. The number of hydrogen-bond acceptors (Lipinski definition) is 2. The third kappa shape index (κ3) is 3.51. The molecule has 0 aliphatic carbocycles. The first-order valence-corrected chi connectivity index (χ1v) is 4.34. The SMILES string of the molecule is CCC[C@H](NC)C(=O)C(C)C. The average molecular weight is 157 g/mol. The first-order chi connectivity index (χ1) is 5.13. The quantitative estimate of drug-likeness (QED) is 0.656. The lowest BCUT2D eigenvalue weighted by Gasteiger charge is -2.15. The minimum Gasteiger partial charge on any atom is -0.311 e. The van der Waals surface area contributed by atoms with Crippen molar-refractivity contribution in [2.24, 2.45) is 5.92 Å². The van der Waals surface area contributed by atoms with Crippen molar-refractivity contribution < 1.29 is 4.79 Å². The van der Waals surface area contributed by atoms with E-state index in [1.165, 1.54) is 0 Å². The van der Waals surface area contributed by atoms with Crippen molar-refractivity contribution in [3.63, 3.8) is 0 Å². The van der Waals surface area contributed by atoms with Gasteiger partial charge in [-0.3, -0.25) is 4.79 Å². The monoisotopic (exact) mass is 157 g/mol. The number of likely N-dealkylation sites (N-methyl/N-ethyl adjacent to an activating group) is 1. The van der Waals surface area contributed by atoms with E-state index in [2.05, 4.69) is 12.2 Å². The van der Waals surface area contributed by atoms with Crippen LogP contribution in [-0.4, -0.2) is 18.9 Å². The summed E-state index contributed by atoms with van der Waals surface area (Å²) in [7, 11) is 1.85. The average Bonchev–Trinajstić information content (AvgIpc) is 1.98. The van der Waals surface area contributed by atoms with Gasteiger partial charge in [0.2, 0.25) is 0 Å². The maximum atomic E-state index is 11.4. The summed E-state index contributed by atoms with van der Waals surface area (Å²) in [5, 5.41) is 3.03. The molecule has 0 aliphatic rings. The zero-order valence-corrected chi connectivity index (χ0v) is 7.98. The van der Waals surface area contributed by atoms with Crippen molar-refractivity contribution >= 4 is 5.78 Å². The van der Waals surface area contributed by atoms with Crippen LogP contribution in [0.15, 0.2) is 0 Å². The van der Waals surface area contributed by atoms with Crippen molar-refractivity contribution in [1.29, 1.82) is 0 Å². The summed E-state index contributed by atoms with van der Waals surface area (Å²) in [6.07, 6.45) is 2.01. The molecule has 0 aromatic carbocycles. The summed E-state index contributed by atoms with van der Waals surface area (Å²) >= 11 is 0. The molecule has 0 bridgehead atoms. The Hall–Kier alpha value is -0.370. The zero-order valence-electron chi connectivity index (χ0n) is 7.98. The lowest BCUT2D eigenvalue weighted by Crippen LogP contribution is -2.36. The van der Waals surface area contributed by atoms with Gasteiger partial charge < -0.3 is 5.32 Å². The van der Waals surface area contributed by atoms with Crippen LogP contribution in [0.2, 0.25) is 0 Å².